The van der Waals surface area contributed by atoms with E-state index in [1.165, 1.54) is 0 Å². The number of amides is 1. The van der Waals surface area contributed by atoms with Gasteiger partial charge in [-0.3, -0.25) is 4.79 Å². The Labute approximate surface area is 187 Å². The molecule has 0 spiro atoms. The highest BCUT2D eigenvalue weighted by Gasteiger charge is 2.46. The lowest BCUT2D eigenvalue weighted by Crippen LogP contribution is -2.47. The van der Waals surface area contributed by atoms with Crippen LogP contribution in [0.2, 0.25) is 10.0 Å². The van der Waals surface area contributed by atoms with Crippen LogP contribution in [-0.2, 0) is 6.42 Å². The molecule has 2 atom stereocenters. The molecule has 1 aliphatic carbocycles. The molecule has 2 unspecified atom stereocenters. The first-order valence-electron chi connectivity index (χ1n) is 10.0. The third kappa shape index (κ3) is 4.83. The van der Waals surface area contributed by atoms with Gasteiger partial charge in [0, 0.05) is 28.1 Å². The molecule has 9 heteroatoms. The molecular formula is C22H20Cl2F3N3O. The maximum absolute atomic E-state index is 13.3. The zero-order chi connectivity index (χ0) is 22.2. The van der Waals surface area contributed by atoms with E-state index in [4.69, 9.17) is 23.2 Å². The minimum Gasteiger partial charge on any atom is -0.349 e. The Kier molecular flexibility index (Phi) is 6.17. The maximum atomic E-state index is 13.3. The zero-order valence-electron chi connectivity index (χ0n) is 16.4. The van der Waals surface area contributed by atoms with Crippen LogP contribution in [-0.4, -0.2) is 28.1 Å². The van der Waals surface area contributed by atoms with Crippen LogP contribution in [0.1, 0.15) is 47.4 Å². The van der Waals surface area contributed by atoms with Crippen molar-refractivity contribution in [3.05, 3.63) is 63.4 Å². The van der Waals surface area contributed by atoms with Crippen LogP contribution in [0.4, 0.5) is 13.2 Å². The number of H-pyrrole nitrogens is 1. The molecule has 2 N–H and O–H groups in total. The number of fused-ring (bicyclic) bond motifs is 1. The molecular weight excluding hydrogens is 450 g/mol. The first-order chi connectivity index (χ1) is 14.7. The first kappa shape index (κ1) is 22.0. The number of nitrogens with one attached hydrogen (secondary N) is 2. The van der Waals surface area contributed by atoms with Crippen molar-refractivity contribution in [1.82, 2.24) is 15.3 Å². The number of hydrogen-bond donors (Lipinski definition) is 2. The Morgan fingerprint density at radius 1 is 1.13 bits per heavy atom. The number of aromatic nitrogens is 2. The summed E-state index contributed by atoms with van der Waals surface area (Å²) in [6.45, 7) is 0. The average Bonchev–Trinajstić information content (AvgIpc) is 3.12. The molecule has 164 valence electrons. The lowest BCUT2D eigenvalue weighted by atomic mass is 9.84. The van der Waals surface area contributed by atoms with E-state index >= 15 is 0 Å². The number of hydrogen-bond acceptors (Lipinski definition) is 2. The highest BCUT2D eigenvalue weighted by molar-refractivity contribution is 6.36. The molecule has 2 aromatic carbocycles. The molecule has 0 bridgehead atoms. The van der Waals surface area contributed by atoms with E-state index in [0.717, 1.165) is 5.56 Å². The van der Waals surface area contributed by atoms with Crippen LogP contribution >= 0.6 is 23.2 Å². The van der Waals surface area contributed by atoms with E-state index in [-0.39, 0.29) is 12.0 Å². The Morgan fingerprint density at radius 3 is 2.55 bits per heavy atom. The standard InChI is InChI=1S/C22H20Cl2F3N3O/c23-15-5-3-6-16(24)13(15)11-20-28-18-9-8-12(10-19(18)29-20)21(31)30-17-7-2-1-4-14(17)22(25,26)27/h3,5-6,8-10,14,17H,1-2,4,7,11H2,(H,28,29)(H,30,31). The fourth-order valence-corrected chi connectivity index (χ4v) is 4.63. The van der Waals surface area contributed by atoms with E-state index in [2.05, 4.69) is 15.3 Å². The van der Waals surface area contributed by atoms with Crippen LogP contribution < -0.4 is 5.32 Å². The summed E-state index contributed by atoms with van der Waals surface area (Å²) in [7, 11) is 0. The summed E-state index contributed by atoms with van der Waals surface area (Å²) in [4.78, 5) is 20.3. The van der Waals surface area contributed by atoms with Gasteiger partial charge in [-0.25, -0.2) is 4.98 Å². The normalized spacial score (nSPS) is 19.5. The van der Waals surface area contributed by atoms with Gasteiger partial charge in [0.25, 0.3) is 5.91 Å². The third-order valence-electron chi connectivity index (χ3n) is 5.70. The van der Waals surface area contributed by atoms with Gasteiger partial charge in [-0.1, -0.05) is 42.1 Å². The maximum Gasteiger partial charge on any atom is 0.393 e. The second kappa shape index (κ2) is 8.71. The molecule has 4 rings (SSSR count). The number of nitrogens with zero attached hydrogens (tertiary/aromatic N) is 1. The highest BCUT2D eigenvalue weighted by Crippen LogP contribution is 2.38. The number of benzene rings is 2. The van der Waals surface area contributed by atoms with Crippen molar-refractivity contribution in [2.45, 2.75) is 44.3 Å². The molecule has 1 heterocycles. The molecule has 1 aromatic heterocycles. The minimum absolute atomic E-state index is 0.0436. The second-order valence-electron chi connectivity index (χ2n) is 7.80. The third-order valence-corrected chi connectivity index (χ3v) is 6.41. The van der Waals surface area contributed by atoms with Gasteiger partial charge in [-0.2, -0.15) is 13.2 Å². The van der Waals surface area contributed by atoms with E-state index < -0.39 is 24.0 Å². The molecule has 0 saturated heterocycles. The molecule has 0 aliphatic heterocycles. The molecule has 3 aromatic rings. The van der Waals surface area contributed by atoms with E-state index in [1.807, 2.05) is 0 Å². The molecule has 4 nitrogen and oxygen atoms in total. The monoisotopic (exact) mass is 469 g/mol. The Morgan fingerprint density at radius 2 is 1.84 bits per heavy atom. The summed E-state index contributed by atoms with van der Waals surface area (Å²) >= 11 is 12.4. The van der Waals surface area contributed by atoms with E-state index in [0.29, 0.717) is 52.6 Å². The van der Waals surface area contributed by atoms with Crippen molar-refractivity contribution >= 4 is 40.1 Å². The van der Waals surface area contributed by atoms with Gasteiger partial charge < -0.3 is 10.3 Å². The number of carbonyl (C=O) groups is 1. The van der Waals surface area contributed by atoms with E-state index in [1.54, 1.807) is 36.4 Å². The fraction of sp³-hybridized carbons (Fsp3) is 0.364. The van der Waals surface area contributed by atoms with Crippen molar-refractivity contribution < 1.29 is 18.0 Å². The van der Waals surface area contributed by atoms with Crippen molar-refractivity contribution in [2.75, 3.05) is 0 Å². The number of aromatic amines is 1. The second-order valence-corrected chi connectivity index (χ2v) is 8.62. The summed E-state index contributed by atoms with van der Waals surface area (Å²) in [5, 5.41) is 3.64. The summed E-state index contributed by atoms with van der Waals surface area (Å²) in [5.74, 6) is -1.41. The van der Waals surface area contributed by atoms with Crippen LogP contribution in [0, 0.1) is 5.92 Å². The fourth-order valence-electron chi connectivity index (χ4n) is 4.10. The molecule has 0 radical (unpaired) electrons. The summed E-state index contributed by atoms with van der Waals surface area (Å²) in [6.07, 6.45) is -2.38. The number of carbonyl (C=O) groups excluding carboxylic acids is 1. The van der Waals surface area contributed by atoms with Crippen LogP contribution in [0.15, 0.2) is 36.4 Å². The molecule has 1 saturated carbocycles. The molecule has 31 heavy (non-hydrogen) atoms. The Bertz CT molecular complexity index is 1090. The quantitative estimate of drug-likeness (QED) is 0.470. The van der Waals surface area contributed by atoms with Gasteiger partial charge in [0.15, 0.2) is 0 Å². The topological polar surface area (TPSA) is 57.8 Å². The Balaban J connectivity index is 1.53. The highest BCUT2D eigenvalue weighted by atomic mass is 35.5. The first-order valence-corrected chi connectivity index (χ1v) is 10.8. The van der Waals surface area contributed by atoms with Gasteiger partial charge in [0.05, 0.1) is 17.0 Å². The lowest BCUT2D eigenvalue weighted by molar-refractivity contribution is -0.187. The lowest BCUT2D eigenvalue weighted by Gasteiger charge is -2.33. The van der Waals surface area contributed by atoms with Crippen LogP contribution in [0.3, 0.4) is 0 Å². The summed E-state index contributed by atoms with van der Waals surface area (Å²) in [5.41, 5.74) is 2.27. The molecule has 1 fully saturated rings. The van der Waals surface area contributed by atoms with Gasteiger partial charge >= 0.3 is 6.18 Å². The molecule has 1 amide bonds. The number of rotatable bonds is 4. The zero-order valence-corrected chi connectivity index (χ0v) is 17.9. The molecule has 1 aliphatic rings. The smallest absolute Gasteiger partial charge is 0.349 e. The van der Waals surface area contributed by atoms with Crippen molar-refractivity contribution in [3.8, 4) is 0 Å². The number of alkyl halides is 3. The van der Waals surface area contributed by atoms with E-state index in [9.17, 15) is 18.0 Å². The number of imidazole rings is 1. The van der Waals surface area contributed by atoms with Crippen LogP contribution in [0.25, 0.3) is 11.0 Å². The summed E-state index contributed by atoms with van der Waals surface area (Å²) < 4.78 is 39.9. The van der Waals surface area contributed by atoms with Crippen LogP contribution in [0.5, 0.6) is 0 Å². The van der Waals surface area contributed by atoms with Gasteiger partial charge in [0.1, 0.15) is 5.82 Å². The number of halogens is 5. The SMILES string of the molecule is O=C(NC1CCCCC1C(F)(F)F)c1ccc2nc(Cc3c(Cl)cccc3Cl)[nH]c2c1. The minimum atomic E-state index is -4.32. The van der Waals surface area contributed by atoms with Crippen molar-refractivity contribution in [3.63, 3.8) is 0 Å². The van der Waals surface area contributed by atoms with Gasteiger partial charge in [-0.15, -0.1) is 0 Å². The largest absolute Gasteiger partial charge is 0.393 e. The predicted octanol–water partition coefficient (Wildman–Crippen LogP) is 6.31. The van der Waals surface area contributed by atoms with Crippen molar-refractivity contribution in [2.24, 2.45) is 5.92 Å². The van der Waals surface area contributed by atoms with Gasteiger partial charge in [-0.05, 0) is 48.7 Å². The summed E-state index contributed by atoms with van der Waals surface area (Å²) in [6, 6.07) is 9.17. The Hall–Kier alpha value is -2.25. The van der Waals surface area contributed by atoms with Crippen molar-refractivity contribution in [1.29, 1.82) is 0 Å². The average molecular weight is 470 g/mol. The van der Waals surface area contributed by atoms with Gasteiger partial charge in [0.2, 0.25) is 0 Å². The predicted molar refractivity (Wildman–Crippen MR) is 115 cm³/mol.